The Morgan fingerprint density at radius 1 is 1.23 bits per heavy atom. The van der Waals surface area contributed by atoms with Gasteiger partial charge in [-0.3, -0.25) is 9.69 Å². The Balaban J connectivity index is 2.10. The minimum absolute atomic E-state index is 0.309. The highest BCUT2D eigenvalue weighted by Crippen LogP contribution is 2.21. The second kappa shape index (κ2) is 7.45. The predicted octanol–water partition coefficient (Wildman–Crippen LogP) is 3.14. The second-order valence-corrected chi connectivity index (χ2v) is 4.85. The molecular weight excluding hydrogens is 282 g/mol. The van der Waals surface area contributed by atoms with Crippen molar-refractivity contribution < 1.29 is 19.1 Å². The lowest BCUT2D eigenvalue weighted by molar-refractivity contribution is -0.148. The van der Waals surface area contributed by atoms with E-state index in [1.165, 1.54) is 4.90 Å². The Kier molecular flexibility index (Phi) is 5.36. The van der Waals surface area contributed by atoms with Gasteiger partial charge in [0.2, 0.25) is 0 Å². The Morgan fingerprint density at radius 3 is 2.64 bits per heavy atom. The molecule has 0 aliphatic carbocycles. The highest BCUT2D eigenvalue weighted by Gasteiger charge is 2.32. The number of amides is 1. The maximum absolute atomic E-state index is 12.3. The first kappa shape index (κ1) is 15.8. The van der Waals surface area contributed by atoms with Crippen LogP contribution in [0.25, 0.3) is 0 Å². The van der Waals surface area contributed by atoms with Crippen LogP contribution in [0.3, 0.4) is 0 Å². The van der Waals surface area contributed by atoms with Crippen LogP contribution in [0.1, 0.15) is 13.8 Å². The molecule has 0 bridgehead atoms. The molecular formula is C17H19NO4. The molecule has 2 unspecified atom stereocenters. The summed E-state index contributed by atoms with van der Waals surface area (Å²) in [6.07, 6.45) is 6.38. The zero-order valence-corrected chi connectivity index (χ0v) is 12.6. The molecule has 116 valence electrons. The summed E-state index contributed by atoms with van der Waals surface area (Å²) in [5.74, 6) is -0.368. The fraction of sp³-hybridized carbons (Fsp3) is 0.294. The third kappa shape index (κ3) is 3.75. The number of hydrogen-bond donors (Lipinski definition) is 0. The van der Waals surface area contributed by atoms with E-state index in [1.54, 1.807) is 62.5 Å². The van der Waals surface area contributed by atoms with Gasteiger partial charge in [0.1, 0.15) is 5.75 Å². The summed E-state index contributed by atoms with van der Waals surface area (Å²) >= 11 is 0. The third-order valence-electron chi connectivity index (χ3n) is 3.32. The van der Waals surface area contributed by atoms with Crippen LogP contribution in [0.2, 0.25) is 0 Å². The van der Waals surface area contributed by atoms with Crippen LogP contribution in [0, 0.1) is 5.92 Å². The first-order valence-corrected chi connectivity index (χ1v) is 7.20. The average Bonchev–Trinajstić information content (AvgIpc) is 2.55. The molecule has 0 saturated heterocycles. The molecule has 1 amide bonds. The third-order valence-corrected chi connectivity index (χ3v) is 3.32. The molecule has 2 rings (SSSR count). The molecule has 1 aromatic carbocycles. The van der Waals surface area contributed by atoms with E-state index in [4.69, 9.17) is 9.47 Å². The van der Waals surface area contributed by atoms with Gasteiger partial charge in [-0.1, -0.05) is 30.4 Å². The maximum atomic E-state index is 12.3. The lowest BCUT2D eigenvalue weighted by atomic mass is 9.99. The Bertz CT molecular complexity index is 580. The quantitative estimate of drug-likeness (QED) is 0.802. The number of allylic oxidation sites excluding steroid dienone is 2. The van der Waals surface area contributed by atoms with E-state index < -0.39 is 18.1 Å². The zero-order chi connectivity index (χ0) is 15.9. The van der Waals surface area contributed by atoms with Crippen molar-refractivity contribution >= 4 is 12.1 Å². The predicted molar refractivity (Wildman–Crippen MR) is 82.2 cm³/mol. The van der Waals surface area contributed by atoms with Crippen molar-refractivity contribution in [2.45, 2.75) is 19.9 Å². The van der Waals surface area contributed by atoms with E-state index in [9.17, 15) is 9.59 Å². The molecule has 0 saturated carbocycles. The Hall–Kier alpha value is -2.56. The minimum Gasteiger partial charge on any atom is -0.466 e. The van der Waals surface area contributed by atoms with Crippen LogP contribution >= 0.6 is 0 Å². The highest BCUT2D eigenvalue weighted by atomic mass is 16.6. The van der Waals surface area contributed by atoms with Crippen molar-refractivity contribution in [2.75, 3.05) is 6.61 Å². The molecule has 1 aromatic rings. The standard InChI is InChI=1S/C17H19NO4/c1-3-21-16(19)13(2)15-11-7-8-12-18(15)17(20)22-14-9-5-4-6-10-14/h4-13,15H,3H2,1-2H3. The summed E-state index contributed by atoms with van der Waals surface area (Å²) in [6.45, 7) is 3.79. The van der Waals surface area contributed by atoms with Gasteiger partial charge in [0, 0.05) is 6.20 Å². The fourth-order valence-corrected chi connectivity index (χ4v) is 2.16. The van der Waals surface area contributed by atoms with E-state index >= 15 is 0 Å². The summed E-state index contributed by atoms with van der Waals surface area (Å²) < 4.78 is 10.4. The number of hydrogen-bond acceptors (Lipinski definition) is 4. The van der Waals surface area contributed by atoms with Gasteiger partial charge in [-0.15, -0.1) is 0 Å². The van der Waals surface area contributed by atoms with Gasteiger partial charge in [0.25, 0.3) is 0 Å². The van der Waals surface area contributed by atoms with Crippen molar-refractivity contribution in [1.29, 1.82) is 0 Å². The fourth-order valence-electron chi connectivity index (χ4n) is 2.16. The number of nitrogens with zero attached hydrogens (tertiary/aromatic N) is 1. The molecule has 0 N–H and O–H groups in total. The molecule has 0 fully saturated rings. The average molecular weight is 301 g/mol. The molecule has 0 aromatic heterocycles. The molecule has 22 heavy (non-hydrogen) atoms. The molecule has 5 nitrogen and oxygen atoms in total. The summed E-state index contributed by atoms with van der Waals surface area (Å²) in [5, 5.41) is 0. The van der Waals surface area contributed by atoms with Gasteiger partial charge >= 0.3 is 12.1 Å². The SMILES string of the molecule is CCOC(=O)C(C)C1C=CC=CN1C(=O)Oc1ccccc1. The number of esters is 1. The number of rotatable bonds is 4. The van der Waals surface area contributed by atoms with Crippen molar-refractivity contribution in [1.82, 2.24) is 4.90 Å². The van der Waals surface area contributed by atoms with Crippen molar-refractivity contribution in [3.8, 4) is 5.75 Å². The number of para-hydroxylation sites is 1. The van der Waals surface area contributed by atoms with E-state index in [1.807, 2.05) is 6.07 Å². The zero-order valence-electron chi connectivity index (χ0n) is 12.6. The van der Waals surface area contributed by atoms with Crippen LogP contribution in [0.5, 0.6) is 5.75 Å². The van der Waals surface area contributed by atoms with Gasteiger partial charge in [0.15, 0.2) is 0 Å². The second-order valence-electron chi connectivity index (χ2n) is 4.85. The van der Waals surface area contributed by atoms with E-state index in [2.05, 4.69) is 0 Å². The van der Waals surface area contributed by atoms with Gasteiger partial charge in [-0.2, -0.15) is 0 Å². The Morgan fingerprint density at radius 2 is 1.95 bits per heavy atom. The van der Waals surface area contributed by atoms with E-state index in [-0.39, 0.29) is 5.97 Å². The van der Waals surface area contributed by atoms with Gasteiger partial charge in [-0.25, -0.2) is 4.79 Å². The summed E-state index contributed by atoms with van der Waals surface area (Å²) in [5.41, 5.74) is 0. The maximum Gasteiger partial charge on any atom is 0.419 e. The summed E-state index contributed by atoms with van der Waals surface area (Å²) in [7, 11) is 0. The van der Waals surface area contributed by atoms with Gasteiger partial charge in [-0.05, 0) is 32.1 Å². The van der Waals surface area contributed by atoms with E-state index in [0.29, 0.717) is 12.4 Å². The summed E-state index contributed by atoms with van der Waals surface area (Å²) in [6, 6.07) is 8.38. The minimum atomic E-state index is -0.534. The number of ether oxygens (including phenoxy) is 2. The lowest BCUT2D eigenvalue weighted by Gasteiger charge is -2.30. The van der Waals surface area contributed by atoms with Crippen molar-refractivity contribution in [2.24, 2.45) is 5.92 Å². The molecule has 1 aliphatic heterocycles. The molecule has 5 heteroatoms. The number of benzene rings is 1. The van der Waals surface area contributed by atoms with Crippen LogP contribution in [-0.2, 0) is 9.53 Å². The van der Waals surface area contributed by atoms with Crippen molar-refractivity contribution in [3.63, 3.8) is 0 Å². The van der Waals surface area contributed by atoms with Gasteiger partial charge < -0.3 is 9.47 Å². The topological polar surface area (TPSA) is 55.8 Å². The smallest absolute Gasteiger partial charge is 0.419 e. The Labute approximate surface area is 129 Å². The molecule has 1 aliphatic rings. The molecule has 0 radical (unpaired) electrons. The van der Waals surface area contributed by atoms with Crippen molar-refractivity contribution in [3.05, 3.63) is 54.8 Å². The van der Waals surface area contributed by atoms with Gasteiger partial charge in [0.05, 0.1) is 18.6 Å². The lowest BCUT2D eigenvalue weighted by Crippen LogP contribution is -2.44. The highest BCUT2D eigenvalue weighted by molar-refractivity contribution is 5.77. The van der Waals surface area contributed by atoms with Crippen LogP contribution in [-0.4, -0.2) is 29.6 Å². The molecule has 1 heterocycles. The number of carbonyl (C=O) groups excluding carboxylic acids is 2. The monoisotopic (exact) mass is 301 g/mol. The first-order chi connectivity index (χ1) is 10.6. The normalized spacial score (nSPS) is 17.9. The van der Waals surface area contributed by atoms with Crippen LogP contribution in [0.4, 0.5) is 4.79 Å². The van der Waals surface area contributed by atoms with Crippen LogP contribution < -0.4 is 4.74 Å². The first-order valence-electron chi connectivity index (χ1n) is 7.20. The van der Waals surface area contributed by atoms with Crippen LogP contribution in [0.15, 0.2) is 54.8 Å². The molecule has 0 spiro atoms. The number of carbonyl (C=O) groups is 2. The van der Waals surface area contributed by atoms with E-state index in [0.717, 1.165) is 0 Å². The molecule has 2 atom stereocenters. The summed E-state index contributed by atoms with van der Waals surface area (Å²) in [4.78, 5) is 25.6. The largest absolute Gasteiger partial charge is 0.466 e.